The number of nitrogens with one attached hydrogen (secondary N) is 1. The number of rotatable bonds is 5. The fraction of sp³-hybridized carbons (Fsp3) is 0.684. The van der Waals surface area contributed by atoms with Crippen LogP contribution in [0.15, 0.2) is 18.3 Å². The Morgan fingerprint density at radius 2 is 2.00 bits per heavy atom. The molecule has 0 spiro atoms. The molecule has 0 bridgehead atoms. The normalized spacial score (nSPS) is 21.0. The van der Waals surface area contributed by atoms with Gasteiger partial charge in [-0.2, -0.15) is 0 Å². The zero-order valence-corrected chi connectivity index (χ0v) is 14.6. The summed E-state index contributed by atoms with van der Waals surface area (Å²) in [5, 5.41) is 13.4. The first-order valence-corrected chi connectivity index (χ1v) is 9.31. The van der Waals surface area contributed by atoms with E-state index in [4.69, 9.17) is 0 Å². The zero-order chi connectivity index (χ0) is 16.9. The van der Waals surface area contributed by atoms with Crippen molar-refractivity contribution in [3.05, 3.63) is 23.9 Å². The summed E-state index contributed by atoms with van der Waals surface area (Å²) in [6, 6.07) is 3.67. The van der Waals surface area contributed by atoms with Crippen molar-refractivity contribution in [3.8, 4) is 0 Å². The summed E-state index contributed by atoms with van der Waals surface area (Å²) in [5.41, 5.74) is 0.645. The van der Waals surface area contributed by atoms with Crippen LogP contribution in [0.5, 0.6) is 0 Å². The summed E-state index contributed by atoms with van der Waals surface area (Å²) in [7, 11) is 0. The van der Waals surface area contributed by atoms with Crippen LogP contribution in [-0.4, -0.2) is 46.6 Å². The van der Waals surface area contributed by atoms with Gasteiger partial charge in [-0.15, -0.1) is 0 Å². The largest absolute Gasteiger partial charge is 0.391 e. The highest BCUT2D eigenvalue weighted by Crippen LogP contribution is 2.27. The molecule has 2 fully saturated rings. The van der Waals surface area contributed by atoms with Gasteiger partial charge in [0, 0.05) is 25.8 Å². The highest BCUT2D eigenvalue weighted by molar-refractivity contribution is 5.94. The molecule has 0 aromatic carbocycles. The number of piperidine rings is 1. The topological polar surface area (TPSA) is 65.5 Å². The van der Waals surface area contributed by atoms with Gasteiger partial charge in [0.15, 0.2) is 0 Å². The van der Waals surface area contributed by atoms with Crippen LogP contribution in [0.1, 0.15) is 55.8 Å². The number of carbonyl (C=O) groups is 1. The van der Waals surface area contributed by atoms with Crippen molar-refractivity contribution in [2.75, 3.05) is 25.0 Å². The monoisotopic (exact) mass is 331 g/mol. The molecule has 1 unspecified atom stereocenters. The van der Waals surface area contributed by atoms with Gasteiger partial charge in [-0.25, -0.2) is 4.98 Å². The van der Waals surface area contributed by atoms with Gasteiger partial charge < -0.3 is 15.3 Å². The van der Waals surface area contributed by atoms with Crippen LogP contribution in [0.4, 0.5) is 5.82 Å². The van der Waals surface area contributed by atoms with Crippen molar-refractivity contribution in [2.24, 2.45) is 11.8 Å². The molecule has 2 aliphatic rings. The van der Waals surface area contributed by atoms with Crippen molar-refractivity contribution >= 4 is 11.7 Å². The second-order valence-electron chi connectivity index (χ2n) is 7.40. The summed E-state index contributed by atoms with van der Waals surface area (Å²) in [5.74, 6) is 1.92. The lowest BCUT2D eigenvalue weighted by molar-refractivity contribution is 0.0697. The number of hydrogen-bond donors (Lipinski definition) is 2. The molecule has 3 rings (SSSR count). The number of nitrogens with zero attached hydrogens (tertiary/aromatic N) is 2. The van der Waals surface area contributed by atoms with E-state index >= 15 is 0 Å². The molecule has 1 aliphatic heterocycles. The molecule has 1 aromatic rings. The van der Waals surface area contributed by atoms with Gasteiger partial charge in [0.2, 0.25) is 0 Å². The number of likely N-dealkylation sites (tertiary alicyclic amines) is 1. The van der Waals surface area contributed by atoms with Crippen LogP contribution in [0, 0.1) is 11.8 Å². The summed E-state index contributed by atoms with van der Waals surface area (Å²) in [6.45, 7) is 4.44. The van der Waals surface area contributed by atoms with E-state index in [1.807, 2.05) is 17.0 Å². The van der Waals surface area contributed by atoms with Gasteiger partial charge in [0.1, 0.15) is 5.82 Å². The molecular formula is C19H29N3O2. The second kappa shape index (κ2) is 7.97. The molecule has 1 amide bonds. The fourth-order valence-corrected chi connectivity index (χ4v) is 3.74. The van der Waals surface area contributed by atoms with Crippen LogP contribution < -0.4 is 5.32 Å². The van der Waals surface area contributed by atoms with Crippen LogP contribution >= 0.6 is 0 Å². The minimum atomic E-state index is -0.314. The van der Waals surface area contributed by atoms with Gasteiger partial charge >= 0.3 is 0 Å². The van der Waals surface area contributed by atoms with Crippen LogP contribution in [-0.2, 0) is 0 Å². The summed E-state index contributed by atoms with van der Waals surface area (Å²) >= 11 is 0. The quantitative estimate of drug-likeness (QED) is 0.871. The number of pyridine rings is 1. The Labute approximate surface area is 144 Å². The van der Waals surface area contributed by atoms with Gasteiger partial charge in [0.25, 0.3) is 5.91 Å². The van der Waals surface area contributed by atoms with Crippen molar-refractivity contribution in [2.45, 2.75) is 51.6 Å². The lowest BCUT2D eigenvalue weighted by Gasteiger charge is -2.30. The maximum absolute atomic E-state index is 12.5. The number of hydrogen-bond acceptors (Lipinski definition) is 4. The van der Waals surface area contributed by atoms with E-state index in [0.29, 0.717) is 23.9 Å². The Hall–Kier alpha value is -1.62. The van der Waals surface area contributed by atoms with E-state index in [-0.39, 0.29) is 12.0 Å². The Morgan fingerprint density at radius 3 is 2.62 bits per heavy atom. The van der Waals surface area contributed by atoms with Gasteiger partial charge in [-0.1, -0.05) is 19.8 Å². The molecule has 2 heterocycles. The van der Waals surface area contributed by atoms with E-state index in [2.05, 4.69) is 17.2 Å². The highest BCUT2D eigenvalue weighted by Gasteiger charge is 2.23. The number of carbonyl (C=O) groups excluding carboxylic acids is 1. The Balaban J connectivity index is 1.50. The predicted molar refractivity (Wildman–Crippen MR) is 95.0 cm³/mol. The molecule has 5 nitrogen and oxygen atoms in total. The molecule has 132 valence electrons. The summed E-state index contributed by atoms with van der Waals surface area (Å²) in [4.78, 5) is 18.7. The molecule has 1 aromatic heterocycles. The molecule has 24 heavy (non-hydrogen) atoms. The third-order valence-corrected chi connectivity index (χ3v) is 5.52. The number of aliphatic hydroxyl groups excluding tert-OH is 1. The SMILES string of the molecule is CC1CCN(C(=O)c2ccc(NCC(O)C3CCCC3)nc2)CC1. The first-order valence-electron chi connectivity index (χ1n) is 9.31. The zero-order valence-electron chi connectivity index (χ0n) is 14.6. The number of aromatic nitrogens is 1. The third kappa shape index (κ3) is 4.26. The van der Waals surface area contributed by atoms with Crippen LogP contribution in [0.2, 0.25) is 0 Å². The van der Waals surface area contributed by atoms with Crippen LogP contribution in [0.25, 0.3) is 0 Å². The minimum absolute atomic E-state index is 0.0759. The van der Waals surface area contributed by atoms with Crippen molar-refractivity contribution in [1.29, 1.82) is 0 Å². The first kappa shape index (κ1) is 17.2. The lowest BCUT2D eigenvalue weighted by Crippen LogP contribution is -2.37. The Kier molecular flexibility index (Phi) is 5.72. The number of amides is 1. The van der Waals surface area contributed by atoms with E-state index < -0.39 is 0 Å². The Morgan fingerprint density at radius 1 is 1.29 bits per heavy atom. The molecule has 2 N–H and O–H groups in total. The van der Waals surface area contributed by atoms with E-state index in [1.54, 1.807) is 6.20 Å². The van der Waals surface area contributed by atoms with Crippen molar-refractivity contribution in [1.82, 2.24) is 9.88 Å². The maximum atomic E-state index is 12.5. The fourth-order valence-electron chi connectivity index (χ4n) is 3.74. The van der Waals surface area contributed by atoms with Gasteiger partial charge in [-0.3, -0.25) is 4.79 Å². The molecule has 5 heteroatoms. The third-order valence-electron chi connectivity index (χ3n) is 5.52. The Bertz CT molecular complexity index is 532. The van der Waals surface area contributed by atoms with Gasteiger partial charge in [-0.05, 0) is 49.7 Å². The average Bonchev–Trinajstić information content (AvgIpc) is 3.15. The molecule has 1 saturated carbocycles. The van der Waals surface area contributed by atoms with E-state index in [0.717, 1.165) is 44.6 Å². The molecule has 1 saturated heterocycles. The summed E-state index contributed by atoms with van der Waals surface area (Å²) < 4.78 is 0. The number of aliphatic hydroxyl groups is 1. The second-order valence-corrected chi connectivity index (χ2v) is 7.40. The molecule has 1 atom stereocenters. The smallest absolute Gasteiger partial charge is 0.255 e. The first-order chi connectivity index (χ1) is 11.6. The predicted octanol–water partition coefficient (Wildman–Crippen LogP) is 2.92. The van der Waals surface area contributed by atoms with Crippen molar-refractivity contribution in [3.63, 3.8) is 0 Å². The standard InChI is InChI=1S/C19H29N3O2/c1-14-8-10-22(11-9-14)19(24)16-6-7-18(20-12-16)21-13-17(23)15-4-2-3-5-15/h6-7,12,14-15,17,23H,2-5,8-11,13H2,1H3,(H,20,21). The average molecular weight is 331 g/mol. The van der Waals surface area contributed by atoms with Gasteiger partial charge in [0.05, 0.1) is 11.7 Å². The van der Waals surface area contributed by atoms with E-state index in [9.17, 15) is 9.90 Å². The molecule has 0 radical (unpaired) electrons. The number of anilines is 1. The molecule has 1 aliphatic carbocycles. The molecular weight excluding hydrogens is 302 g/mol. The lowest BCUT2D eigenvalue weighted by atomic mass is 9.99. The van der Waals surface area contributed by atoms with Crippen molar-refractivity contribution < 1.29 is 9.90 Å². The summed E-state index contributed by atoms with van der Waals surface area (Å²) in [6.07, 6.45) is 8.19. The maximum Gasteiger partial charge on any atom is 0.255 e. The highest BCUT2D eigenvalue weighted by atomic mass is 16.3. The van der Waals surface area contributed by atoms with E-state index in [1.165, 1.54) is 12.8 Å². The minimum Gasteiger partial charge on any atom is -0.391 e. The van der Waals surface area contributed by atoms with Crippen LogP contribution in [0.3, 0.4) is 0 Å².